The quantitative estimate of drug-likeness (QED) is 0.0538. The monoisotopic (exact) mass is 706 g/mol. The smallest absolute Gasteiger partial charge is 0.356 e. The van der Waals surface area contributed by atoms with Crippen LogP contribution >= 0.6 is 0 Å². The first kappa shape index (κ1) is 37.0. The molecular formula is C42H50N4O6. The van der Waals surface area contributed by atoms with Crippen molar-refractivity contribution in [3.8, 4) is 0 Å². The molecule has 0 saturated carbocycles. The van der Waals surface area contributed by atoms with Gasteiger partial charge in [-0.3, -0.25) is 0 Å². The molecule has 0 atom stereocenters. The SMILES string of the molecule is CCCCOCn1c2ccccc2c2cc(C(=O)OCCCCCCCCOC(=O)c3cc4c5ccccc5n(COCCCC)c4cn3)ncc21. The van der Waals surface area contributed by atoms with Gasteiger partial charge in [0.1, 0.15) is 24.8 Å². The third-order valence-corrected chi connectivity index (χ3v) is 9.47. The van der Waals surface area contributed by atoms with Crippen LogP contribution < -0.4 is 0 Å². The molecule has 0 radical (unpaired) electrons. The van der Waals surface area contributed by atoms with Crippen LogP contribution in [-0.2, 0) is 32.4 Å². The molecule has 10 nitrogen and oxygen atoms in total. The minimum absolute atomic E-state index is 0.311. The molecule has 2 aromatic carbocycles. The van der Waals surface area contributed by atoms with E-state index in [1.54, 1.807) is 12.4 Å². The molecular weight excluding hydrogens is 656 g/mol. The van der Waals surface area contributed by atoms with E-state index in [2.05, 4.69) is 57.2 Å². The van der Waals surface area contributed by atoms with Gasteiger partial charge in [0.2, 0.25) is 0 Å². The van der Waals surface area contributed by atoms with Crippen LogP contribution in [0.3, 0.4) is 0 Å². The maximum Gasteiger partial charge on any atom is 0.356 e. The molecule has 4 heterocycles. The molecule has 4 aromatic heterocycles. The molecule has 0 bridgehead atoms. The Morgan fingerprint density at radius 2 is 0.942 bits per heavy atom. The third kappa shape index (κ3) is 8.80. The Labute approximate surface area is 305 Å². The van der Waals surface area contributed by atoms with E-state index in [1.807, 2.05) is 36.4 Å². The van der Waals surface area contributed by atoms with Gasteiger partial charge in [-0.2, -0.15) is 0 Å². The van der Waals surface area contributed by atoms with Crippen molar-refractivity contribution in [1.82, 2.24) is 19.1 Å². The van der Waals surface area contributed by atoms with E-state index >= 15 is 0 Å². The number of aromatic nitrogens is 4. The Balaban J connectivity index is 0.898. The van der Waals surface area contributed by atoms with E-state index in [4.69, 9.17) is 18.9 Å². The average Bonchev–Trinajstić information content (AvgIpc) is 3.67. The average molecular weight is 707 g/mol. The van der Waals surface area contributed by atoms with Crippen LogP contribution in [0.1, 0.15) is 99.0 Å². The Kier molecular flexibility index (Phi) is 13.2. The Morgan fingerprint density at radius 3 is 1.38 bits per heavy atom. The predicted octanol–water partition coefficient (Wildman–Crippen LogP) is 9.60. The number of ether oxygens (including phenoxy) is 4. The Bertz CT molecular complexity index is 1950. The van der Waals surface area contributed by atoms with Crippen LogP contribution in [0.15, 0.2) is 73.1 Å². The second-order valence-electron chi connectivity index (χ2n) is 13.2. The highest BCUT2D eigenvalue weighted by atomic mass is 16.5. The normalized spacial score (nSPS) is 11.7. The molecule has 0 spiro atoms. The second-order valence-corrected chi connectivity index (χ2v) is 13.2. The van der Waals surface area contributed by atoms with Crippen LogP contribution in [0.5, 0.6) is 0 Å². The third-order valence-electron chi connectivity index (χ3n) is 9.47. The van der Waals surface area contributed by atoms with E-state index in [0.717, 1.165) is 108 Å². The Hall–Kier alpha value is -4.80. The van der Waals surface area contributed by atoms with Crippen molar-refractivity contribution in [3.63, 3.8) is 0 Å². The van der Waals surface area contributed by atoms with Gasteiger partial charge in [-0.15, -0.1) is 0 Å². The Morgan fingerprint density at radius 1 is 0.519 bits per heavy atom. The summed E-state index contributed by atoms with van der Waals surface area (Å²) in [6.07, 6.45) is 13.2. The van der Waals surface area contributed by atoms with Crippen LogP contribution in [0.2, 0.25) is 0 Å². The van der Waals surface area contributed by atoms with Crippen LogP contribution in [0.25, 0.3) is 43.6 Å². The number of hydrogen-bond donors (Lipinski definition) is 0. The van der Waals surface area contributed by atoms with Gasteiger partial charge in [0, 0.05) is 34.8 Å². The fourth-order valence-electron chi connectivity index (χ4n) is 6.59. The van der Waals surface area contributed by atoms with Gasteiger partial charge in [-0.1, -0.05) is 88.8 Å². The van der Waals surface area contributed by atoms with Gasteiger partial charge in [0.25, 0.3) is 0 Å². The topological polar surface area (TPSA) is 107 Å². The molecule has 0 aliphatic heterocycles. The molecule has 0 N–H and O–H groups in total. The van der Waals surface area contributed by atoms with Gasteiger partial charge in [-0.25, -0.2) is 19.6 Å². The van der Waals surface area contributed by atoms with Crippen molar-refractivity contribution >= 4 is 55.6 Å². The number of carbonyl (C=O) groups excluding carboxylic acids is 2. The summed E-state index contributed by atoms with van der Waals surface area (Å²) in [5, 5.41) is 4.05. The number of esters is 2. The highest BCUT2D eigenvalue weighted by molar-refractivity contribution is 6.10. The van der Waals surface area contributed by atoms with Gasteiger partial charge in [0.05, 0.1) is 47.7 Å². The minimum atomic E-state index is -0.407. The summed E-state index contributed by atoms with van der Waals surface area (Å²) in [6.45, 7) is 7.29. The van der Waals surface area contributed by atoms with Gasteiger partial charge >= 0.3 is 11.9 Å². The van der Waals surface area contributed by atoms with Crippen molar-refractivity contribution in [2.75, 3.05) is 26.4 Å². The molecule has 0 saturated heterocycles. The summed E-state index contributed by atoms with van der Waals surface area (Å²) in [5.41, 5.74) is 4.60. The number of pyridine rings is 2. The lowest BCUT2D eigenvalue weighted by Crippen LogP contribution is -2.09. The number of carbonyl (C=O) groups is 2. The summed E-state index contributed by atoms with van der Waals surface area (Å²) < 4.78 is 27.2. The van der Waals surface area contributed by atoms with Gasteiger partial charge in [-0.05, 0) is 49.9 Å². The van der Waals surface area contributed by atoms with Crippen molar-refractivity contribution in [1.29, 1.82) is 0 Å². The molecule has 0 amide bonds. The van der Waals surface area contributed by atoms with E-state index < -0.39 is 11.9 Å². The van der Waals surface area contributed by atoms with Gasteiger partial charge < -0.3 is 28.1 Å². The number of benzene rings is 2. The predicted molar refractivity (Wildman–Crippen MR) is 204 cm³/mol. The molecule has 0 aliphatic rings. The van der Waals surface area contributed by atoms with Crippen LogP contribution in [0, 0.1) is 0 Å². The van der Waals surface area contributed by atoms with Crippen molar-refractivity contribution < 1.29 is 28.5 Å². The van der Waals surface area contributed by atoms with E-state index in [0.29, 0.717) is 51.3 Å². The van der Waals surface area contributed by atoms with Crippen LogP contribution in [-0.4, -0.2) is 57.5 Å². The van der Waals surface area contributed by atoms with Crippen molar-refractivity contribution in [2.45, 2.75) is 91.5 Å². The number of unbranched alkanes of at least 4 members (excludes halogenated alkanes) is 7. The summed E-state index contributed by atoms with van der Waals surface area (Å²) in [6, 6.07) is 19.9. The maximum atomic E-state index is 12.9. The lowest BCUT2D eigenvalue weighted by atomic mass is 10.1. The largest absolute Gasteiger partial charge is 0.461 e. The summed E-state index contributed by atoms with van der Waals surface area (Å²) in [4.78, 5) is 34.6. The summed E-state index contributed by atoms with van der Waals surface area (Å²) in [5.74, 6) is -0.814. The fraction of sp³-hybridized carbons (Fsp3) is 0.429. The van der Waals surface area contributed by atoms with Crippen molar-refractivity contribution in [2.24, 2.45) is 0 Å². The lowest BCUT2D eigenvalue weighted by molar-refractivity contribution is 0.0478. The zero-order valence-corrected chi connectivity index (χ0v) is 30.5. The first-order valence-corrected chi connectivity index (χ1v) is 18.8. The summed E-state index contributed by atoms with van der Waals surface area (Å²) >= 11 is 0. The summed E-state index contributed by atoms with van der Waals surface area (Å²) in [7, 11) is 0. The molecule has 0 aliphatic carbocycles. The molecule has 6 aromatic rings. The van der Waals surface area contributed by atoms with Crippen molar-refractivity contribution in [3.05, 3.63) is 84.4 Å². The number of rotatable bonds is 21. The zero-order chi connectivity index (χ0) is 36.1. The molecule has 0 fully saturated rings. The lowest BCUT2D eigenvalue weighted by Gasteiger charge is -2.09. The molecule has 6 rings (SSSR count). The maximum absolute atomic E-state index is 12.9. The number of nitrogens with zero attached hydrogens (tertiary/aromatic N) is 4. The first-order chi connectivity index (χ1) is 25.6. The van der Waals surface area contributed by atoms with Gasteiger partial charge in [0.15, 0.2) is 0 Å². The second kappa shape index (κ2) is 18.6. The molecule has 0 unspecified atom stereocenters. The number of hydrogen-bond acceptors (Lipinski definition) is 8. The minimum Gasteiger partial charge on any atom is -0.461 e. The molecule has 274 valence electrons. The zero-order valence-electron chi connectivity index (χ0n) is 30.5. The fourth-order valence-corrected chi connectivity index (χ4v) is 6.59. The van der Waals surface area contributed by atoms with E-state index in [1.165, 1.54) is 0 Å². The van der Waals surface area contributed by atoms with E-state index in [9.17, 15) is 9.59 Å². The number of fused-ring (bicyclic) bond motifs is 6. The first-order valence-electron chi connectivity index (χ1n) is 18.8. The van der Waals surface area contributed by atoms with Crippen LogP contribution in [0.4, 0.5) is 0 Å². The highest BCUT2D eigenvalue weighted by Gasteiger charge is 2.17. The number of para-hydroxylation sites is 2. The molecule has 10 heteroatoms. The van der Waals surface area contributed by atoms with E-state index in [-0.39, 0.29) is 0 Å². The standard InChI is InChI=1S/C42H50N4O6/c1-3-5-21-49-29-45-37-19-13-11-17-31(37)33-25-35(43-27-39(33)45)41(47)51-23-15-9-7-8-10-16-24-52-42(48)36-26-34-32-18-12-14-20-38(32)46(40(34)28-44-36)30-50-22-6-4-2/h11-14,17-20,25-28H,3-10,15-16,21-24,29-30H2,1-2H3. The highest BCUT2D eigenvalue weighted by Crippen LogP contribution is 2.30. The molecule has 52 heavy (non-hydrogen) atoms.